The van der Waals surface area contributed by atoms with Gasteiger partial charge in [0.25, 0.3) is 0 Å². The highest BCUT2D eigenvalue weighted by molar-refractivity contribution is 5.72. The fourth-order valence-electron chi connectivity index (χ4n) is 1.09. The van der Waals surface area contributed by atoms with Crippen LogP contribution in [0.15, 0.2) is 0 Å². The Kier molecular flexibility index (Phi) is 6.52. The maximum absolute atomic E-state index is 11.2. The van der Waals surface area contributed by atoms with Crippen LogP contribution in [-0.4, -0.2) is 35.9 Å². The summed E-state index contributed by atoms with van der Waals surface area (Å²) in [6.45, 7) is 8.25. The zero-order valence-corrected chi connectivity index (χ0v) is 10.2. The molecule has 90 valence electrons. The van der Waals surface area contributed by atoms with Crippen molar-refractivity contribution in [1.29, 1.82) is 0 Å². The molecule has 1 atom stereocenters. The molecule has 15 heavy (non-hydrogen) atoms. The third kappa shape index (κ3) is 11.3. The van der Waals surface area contributed by atoms with E-state index in [4.69, 9.17) is 9.84 Å². The second-order valence-electron chi connectivity index (χ2n) is 4.75. The van der Waals surface area contributed by atoms with E-state index in [0.29, 0.717) is 0 Å². The second kappa shape index (κ2) is 6.80. The van der Waals surface area contributed by atoms with Crippen LogP contribution < -0.4 is 5.32 Å². The summed E-state index contributed by atoms with van der Waals surface area (Å²) in [4.78, 5) is 11.2. The molecule has 0 aromatic carbocycles. The van der Waals surface area contributed by atoms with Crippen LogP contribution in [0.25, 0.3) is 0 Å². The Balaban J connectivity index is 3.40. The van der Waals surface area contributed by atoms with Crippen molar-refractivity contribution in [2.45, 2.75) is 52.2 Å². The number of carbonyl (C=O) groups is 1. The van der Waals surface area contributed by atoms with Crippen LogP contribution in [0.1, 0.15) is 40.5 Å². The van der Waals surface area contributed by atoms with E-state index in [1.807, 2.05) is 20.8 Å². The Labute approximate surface area is 92.0 Å². The highest BCUT2D eigenvalue weighted by Gasteiger charge is 2.15. The van der Waals surface area contributed by atoms with Crippen LogP contribution in [-0.2, 0) is 9.53 Å². The predicted molar refractivity (Wildman–Crippen MR) is 59.6 cm³/mol. The van der Waals surface area contributed by atoms with E-state index in [9.17, 15) is 4.79 Å². The van der Waals surface area contributed by atoms with Crippen LogP contribution in [0.5, 0.6) is 0 Å². The molecular weight excluding hydrogens is 194 g/mol. The Morgan fingerprint density at radius 2 is 2.07 bits per heavy atom. The molecule has 0 saturated carbocycles. The van der Waals surface area contributed by atoms with Crippen molar-refractivity contribution in [3.63, 3.8) is 0 Å². The third-order valence-electron chi connectivity index (χ3n) is 1.66. The normalized spacial score (nSPS) is 13.7. The molecule has 0 saturated heterocycles. The van der Waals surface area contributed by atoms with Gasteiger partial charge < -0.3 is 15.2 Å². The van der Waals surface area contributed by atoms with Gasteiger partial charge in [-0.05, 0) is 47.1 Å². The van der Waals surface area contributed by atoms with Crippen LogP contribution in [0.2, 0.25) is 0 Å². The van der Waals surface area contributed by atoms with Gasteiger partial charge in [-0.2, -0.15) is 0 Å². The lowest BCUT2D eigenvalue weighted by atomic mass is 10.2. The minimum Gasteiger partial charge on any atom is -0.459 e. The number of ether oxygens (including phenoxy) is 1. The van der Waals surface area contributed by atoms with E-state index >= 15 is 0 Å². The topological polar surface area (TPSA) is 58.6 Å². The molecule has 0 bridgehead atoms. The summed E-state index contributed by atoms with van der Waals surface area (Å²) < 4.78 is 5.11. The highest BCUT2D eigenvalue weighted by Crippen LogP contribution is 2.06. The Morgan fingerprint density at radius 3 is 2.53 bits per heavy atom. The zero-order chi connectivity index (χ0) is 11.9. The number of nitrogens with one attached hydrogen (secondary N) is 1. The van der Waals surface area contributed by atoms with Crippen molar-refractivity contribution in [3.8, 4) is 0 Å². The van der Waals surface area contributed by atoms with Gasteiger partial charge in [-0.1, -0.05) is 0 Å². The minimum absolute atomic E-state index is 0.233. The summed E-state index contributed by atoms with van der Waals surface area (Å²) in [6, 6.07) is 0. The molecule has 1 unspecified atom stereocenters. The first-order chi connectivity index (χ1) is 6.81. The molecule has 0 aliphatic carbocycles. The number of hydrogen-bond donors (Lipinski definition) is 2. The van der Waals surface area contributed by atoms with Crippen molar-refractivity contribution >= 4 is 5.97 Å². The number of hydrogen-bond acceptors (Lipinski definition) is 4. The maximum Gasteiger partial charge on any atom is 0.320 e. The summed E-state index contributed by atoms with van der Waals surface area (Å²) >= 11 is 0. The number of aliphatic hydroxyl groups is 1. The van der Waals surface area contributed by atoms with E-state index < -0.39 is 5.60 Å². The van der Waals surface area contributed by atoms with Crippen molar-refractivity contribution in [3.05, 3.63) is 0 Å². The molecule has 4 heteroatoms. The Bertz CT molecular complexity index is 185. The molecule has 0 fully saturated rings. The van der Waals surface area contributed by atoms with Gasteiger partial charge in [-0.15, -0.1) is 0 Å². The molecule has 0 amide bonds. The van der Waals surface area contributed by atoms with E-state index in [2.05, 4.69) is 5.32 Å². The summed E-state index contributed by atoms with van der Waals surface area (Å²) in [5, 5.41) is 12.0. The SMILES string of the molecule is CC(O)CCCNCC(=O)OC(C)(C)C. The van der Waals surface area contributed by atoms with Gasteiger partial charge in [0.05, 0.1) is 12.6 Å². The molecule has 0 aliphatic rings. The van der Waals surface area contributed by atoms with Crippen molar-refractivity contribution < 1.29 is 14.6 Å². The van der Waals surface area contributed by atoms with Gasteiger partial charge in [0.15, 0.2) is 0 Å². The first-order valence-electron chi connectivity index (χ1n) is 5.42. The van der Waals surface area contributed by atoms with Crippen molar-refractivity contribution in [2.24, 2.45) is 0 Å². The molecule has 0 heterocycles. The van der Waals surface area contributed by atoms with Crippen molar-refractivity contribution in [1.82, 2.24) is 5.32 Å². The average molecular weight is 217 g/mol. The average Bonchev–Trinajstić information content (AvgIpc) is 1.99. The number of rotatable bonds is 6. The molecule has 0 aromatic heterocycles. The minimum atomic E-state index is -0.418. The standard InChI is InChI=1S/C11H23NO3/c1-9(13)6-5-7-12-8-10(14)15-11(2,3)4/h9,12-13H,5-8H2,1-4H3. The smallest absolute Gasteiger partial charge is 0.320 e. The van der Waals surface area contributed by atoms with E-state index in [1.165, 1.54) is 0 Å². The quantitative estimate of drug-likeness (QED) is 0.516. The van der Waals surface area contributed by atoms with E-state index in [1.54, 1.807) is 6.92 Å². The fraction of sp³-hybridized carbons (Fsp3) is 0.909. The van der Waals surface area contributed by atoms with Crippen LogP contribution in [0, 0.1) is 0 Å². The zero-order valence-electron chi connectivity index (χ0n) is 10.2. The van der Waals surface area contributed by atoms with Gasteiger partial charge in [-0.3, -0.25) is 4.79 Å². The van der Waals surface area contributed by atoms with Crippen LogP contribution in [0.4, 0.5) is 0 Å². The molecular formula is C11H23NO3. The largest absolute Gasteiger partial charge is 0.459 e. The Hall–Kier alpha value is -0.610. The predicted octanol–water partition coefficient (Wildman–Crippen LogP) is 1.08. The molecule has 0 radical (unpaired) electrons. The van der Waals surface area contributed by atoms with E-state index in [0.717, 1.165) is 19.4 Å². The van der Waals surface area contributed by atoms with Gasteiger partial charge in [0, 0.05) is 0 Å². The third-order valence-corrected chi connectivity index (χ3v) is 1.66. The highest BCUT2D eigenvalue weighted by atomic mass is 16.6. The summed E-state index contributed by atoms with van der Waals surface area (Å²) in [6.07, 6.45) is 1.34. The van der Waals surface area contributed by atoms with Gasteiger partial charge in [-0.25, -0.2) is 0 Å². The molecule has 2 N–H and O–H groups in total. The van der Waals surface area contributed by atoms with Crippen LogP contribution >= 0.6 is 0 Å². The van der Waals surface area contributed by atoms with Crippen molar-refractivity contribution in [2.75, 3.05) is 13.1 Å². The first kappa shape index (κ1) is 14.4. The van der Waals surface area contributed by atoms with Gasteiger partial charge in [0.1, 0.15) is 5.60 Å². The van der Waals surface area contributed by atoms with E-state index in [-0.39, 0.29) is 18.6 Å². The first-order valence-corrected chi connectivity index (χ1v) is 5.42. The Morgan fingerprint density at radius 1 is 1.47 bits per heavy atom. The summed E-state index contributed by atoms with van der Waals surface area (Å²) in [7, 11) is 0. The maximum atomic E-state index is 11.2. The molecule has 0 rings (SSSR count). The lowest BCUT2D eigenvalue weighted by Crippen LogP contribution is -2.32. The molecule has 0 aromatic rings. The van der Waals surface area contributed by atoms with Gasteiger partial charge in [0.2, 0.25) is 0 Å². The number of esters is 1. The summed E-state index contributed by atoms with van der Waals surface area (Å²) in [5.74, 6) is -0.237. The molecule has 0 aliphatic heterocycles. The monoisotopic (exact) mass is 217 g/mol. The fourth-order valence-corrected chi connectivity index (χ4v) is 1.09. The number of carbonyl (C=O) groups excluding carboxylic acids is 1. The summed E-state index contributed by atoms with van der Waals surface area (Å²) in [5.41, 5.74) is -0.418. The number of aliphatic hydroxyl groups excluding tert-OH is 1. The lowest BCUT2D eigenvalue weighted by Gasteiger charge is -2.19. The molecule has 4 nitrogen and oxygen atoms in total. The molecule has 0 spiro atoms. The van der Waals surface area contributed by atoms with Gasteiger partial charge >= 0.3 is 5.97 Å². The second-order valence-corrected chi connectivity index (χ2v) is 4.75. The lowest BCUT2D eigenvalue weighted by molar-refractivity contribution is -0.153. The van der Waals surface area contributed by atoms with Crippen LogP contribution in [0.3, 0.4) is 0 Å².